The van der Waals surface area contributed by atoms with E-state index in [-0.39, 0.29) is 5.82 Å². The number of aliphatic hydroxyl groups is 1. The molecular weight excluding hydrogens is 367 g/mol. The maximum atomic E-state index is 13.1. The van der Waals surface area contributed by atoms with Gasteiger partial charge in [0.15, 0.2) is 0 Å². The molecule has 0 aliphatic carbocycles. The second-order valence-corrected chi connectivity index (χ2v) is 7.69. The van der Waals surface area contributed by atoms with Crippen molar-refractivity contribution in [3.05, 3.63) is 77.3 Å². The first-order chi connectivity index (χ1) is 14.1. The van der Waals surface area contributed by atoms with Gasteiger partial charge in [-0.2, -0.15) is 0 Å². The van der Waals surface area contributed by atoms with E-state index in [2.05, 4.69) is 34.3 Å². The Morgan fingerprint density at radius 1 is 1.21 bits per heavy atom. The summed E-state index contributed by atoms with van der Waals surface area (Å²) in [7, 11) is 1.69. The van der Waals surface area contributed by atoms with Crippen LogP contribution in [0.15, 0.2) is 60.3 Å². The van der Waals surface area contributed by atoms with E-state index in [9.17, 15) is 9.50 Å². The Bertz CT molecular complexity index is 994. The standard InChI is InChI=1S/C24H27FN2O2/c1-29-21-8-9-23-22(14-21)19(15-26-23)13-17-3-2-11-27(16-17)12-10-24(28)18-4-6-20(25)7-5-18/h3-9,14-15,24,26,28H,2,10-13,16H2,1H3. The summed E-state index contributed by atoms with van der Waals surface area (Å²) in [5, 5.41) is 11.6. The molecule has 4 nitrogen and oxygen atoms in total. The third-order valence-corrected chi connectivity index (χ3v) is 5.67. The van der Waals surface area contributed by atoms with Gasteiger partial charge in [0.1, 0.15) is 11.6 Å². The summed E-state index contributed by atoms with van der Waals surface area (Å²) in [5.74, 6) is 0.592. The highest BCUT2D eigenvalue weighted by atomic mass is 19.1. The quantitative estimate of drug-likeness (QED) is 0.575. The molecule has 0 saturated carbocycles. The van der Waals surface area contributed by atoms with E-state index in [0.29, 0.717) is 6.42 Å². The van der Waals surface area contributed by atoms with Gasteiger partial charge < -0.3 is 14.8 Å². The van der Waals surface area contributed by atoms with Crippen molar-refractivity contribution in [2.75, 3.05) is 26.7 Å². The Kier molecular flexibility index (Phi) is 5.97. The second kappa shape index (κ2) is 8.80. The number of H-pyrrole nitrogens is 1. The largest absolute Gasteiger partial charge is 0.497 e. The number of nitrogens with one attached hydrogen (secondary N) is 1. The molecule has 4 rings (SSSR count). The molecule has 0 fully saturated rings. The van der Waals surface area contributed by atoms with E-state index in [1.165, 1.54) is 28.7 Å². The number of methoxy groups -OCH3 is 1. The van der Waals surface area contributed by atoms with Crippen molar-refractivity contribution in [1.29, 1.82) is 0 Å². The van der Waals surface area contributed by atoms with E-state index >= 15 is 0 Å². The third kappa shape index (κ3) is 4.69. The van der Waals surface area contributed by atoms with Crippen LogP contribution in [0.4, 0.5) is 4.39 Å². The summed E-state index contributed by atoms with van der Waals surface area (Å²) in [6.45, 7) is 2.73. The monoisotopic (exact) mass is 394 g/mol. The number of fused-ring (bicyclic) bond motifs is 1. The van der Waals surface area contributed by atoms with Gasteiger partial charge in [-0.3, -0.25) is 4.90 Å². The lowest BCUT2D eigenvalue weighted by Crippen LogP contribution is -2.32. The van der Waals surface area contributed by atoms with Crippen molar-refractivity contribution in [3.63, 3.8) is 0 Å². The molecule has 0 radical (unpaired) electrons. The van der Waals surface area contributed by atoms with Crippen molar-refractivity contribution >= 4 is 10.9 Å². The van der Waals surface area contributed by atoms with Crippen LogP contribution in [0, 0.1) is 5.82 Å². The van der Waals surface area contributed by atoms with Gasteiger partial charge in [-0.15, -0.1) is 0 Å². The van der Waals surface area contributed by atoms with Crippen LogP contribution in [0.2, 0.25) is 0 Å². The number of halogens is 1. The molecule has 0 spiro atoms. The number of aromatic amines is 1. The first-order valence-corrected chi connectivity index (χ1v) is 10.1. The van der Waals surface area contributed by atoms with Gasteiger partial charge in [0.25, 0.3) is 0 Å². The van der Waals surface area contributed by atoms with Crippen molar-refractivity contribution in [2.24, 2.45) is 0 Å². The van der Waals surface area contributed by atoms with Crippen molar-refractivity contribution in [3.8, 4) is 5.75 Å². The molecule has 152 valence electrons. The molecule has 1 unspecified atom stereocenters. The van der Waals surface area contributed by atoms with Gasteiger partial charge in [-0.05, 0) is 60.7 Å². The van der Waals surface area contributed by atoms with Crippen molar-refractivity contribution < 1.29 is 14.2 Å². The number of aromatic nitrogens is 1. The maximum Gasteiger partial charge on any atom is 0.123 e. The summed E-state index contributed by atoms with van der Waals surface area (Å²) in [6, 6.07) is 12.2. The normalized spacial score (nSPS) is 16.0. The molecule has 3 aromatic rings. The molecule has 0 bridgehead atoms. The molecule has 1 aliphatic rings. The smallest absolute Gasteiger partial charge is 0.123 e. The lowest BCUT2D eigenvalue weighted by atomic mass is 9.99. The molecule has 5 heteroatoms. The fourth-order valence-corrected chi connectivity index (χ4v) is 4.03. The van der Waals surface area contributed by atoms with E-state index < -0.39 is 6.10 Å². The Balaban J connectivity index is 1.36. The highest BCUT2D eigenvalue weighted by molar-refractivity contribution is 5.84. The number of nitrogens with zero attached hydrogens (tertiary/aromatic N) is 1. The van der Waals surface area contributed by atoms with Crippen LogP contribution in [0.1, 0.15) is 30.1 Å². The van der Waals surface area contributed by atoms with Gasteiger partial charge in [-0.1, -0.05) is 23.8 Å². The Morgan fingerprint density at radius 3 is 2.83 bits per heavy atom. The maximum absolute atomic E-state index is 13.1. The molecular formula is C24H27FN2O2. The lowest BCUT2D eigenvalue weighted by Gasteiger charge is -2.28. The summed E-state index contributed by atoms with van der Waals surface area (Å²) in [4.78, 5) is 5.73. The fraction of sp³-hybridized carbons (Fsp3) is 0.333. The van der Waals surface area contributed by atoms with Gasteiger partial charge in [0, 0.05) is 36.7 Å². The second-order valence-electron chi connectivity index (χ2n) is 7.69. The van der Waals surface area contributed by atoms with Crippen LogP contribution in [0.25, 0.3) is 10.9 Å². The van der Waals surface area contributed by atoms with Crippen molar-refractivity contribution in [1.82, 2.24) is 9.88 Å². The van der Waals surface area contributed by atoms with Crippen LogP contribution in [-0.4, -0.2) is 41.7 Å². The van der Waals surface area contributed by atoms with E-state index in [0.717, 1.165) is 49.3 Å². The highest BCUT2D eigenvalue weighted by Crippen LogP contribution is 2.27. The predicted octanol–water partition coefficient (Wildman–Crippen LogP) is 4.61. The Morgan fingerprint density at radius 2 is 2.03 bits per heavy atom. The molecule has 1 aromatic heterocycles. The van der Waals surface area contributed by atoms with Crippen LogP contribution < -0.4 is 4.74 Å². The zero-order valence-electron chi connectivity index (χ0n) is 16.7. The van der Waals surface area contributed by atoms with Gasteiger partial charge in [0.05, 0.1) is 13.2 Å². The predicted molar refractivity (Wildman–Crippen MR) is 114 cm³/mol. The number of benzene rings is 2. The van der Waals surface area contributed by atoms with Crippen molar-refractivity contribution in [2.45, 2.75) is 25.4 Å². The van der Waals surface area contributed by atoms with Crippen LogP contribution in [0.3, 0.4) is 0 Å². The van der Waals surface area contributed by atoms with Gasteiger partial charge >= 0.3 is 0 Å². The number of hydrogen-bond acceptors (Lipinski definition) is 3. The first kappa shape index (κ1) is 19.7. The first-order valence-electron chi connectivity index (χ1n) is 10.1. The molecule has 1 aliphatic heterocycles. The number of hydrogen-bond donors (Lipinski definition) is 2. The summed E-state index contributed by atoms with van der Waals surface area (Å²) in [6.07, 6.45) is 6.43. The zero-order chi connectivity index (χ0) is 20.2. The lowest BCUT2D eigenvalue weighted by molar-refractivity contribution is 0.143. The number of aliphatic hydroxyl groups excluding tert-OH is 1. The zero-order valence-corrected chi connectivity index (χ0v) is 16.7. The summed E-state index contributed by atoms with van der Waals surface area (Å²) < 4.78 is 18.4. The van der Waals surface area contributed by atoms with Crippen LogP contribution in [-0.2, 0) is 6.42 Å². The third-order valence-electron chi connectivity index (χ3n) is 5.67. The minimum atomic E-state index is -0.564. The minimum absolute atomic E-state index is 0.276. The molecule has 2 aromatic carbocycles. The average Bonchev–Trinajstić information content (AvgIpc) is 3.14. The molecule has 29 heavy (non-hydrogen) atoms. The Labute approximate surface area is 170 Å². The number of rotatable bonds is 7. The van der Waals surface area contributed by atoms with E-state index in [4.69, 9.17) is 4.74 Å². The minimum Gasteiger partial charge on any atom is -0.497 e. The van der Waals surface area contributed by atoms with Gasteiger partial charge in [-0.25, -0.2) is 4.39 Å². The molecule has 2 N–H and O–H groups in total. The van der Waals surface area contributed by atoms with E-state index in [1.807, 2.05) is 6.07 Å². The SMILES string of the molecule is COc1ccc2[nH]cc(CC3=CCCN(CCC(O)c4ccc(F)cc4)C3)c2c1. The fourth-order valence-electron chi connectivity index (χ4n) is 4.03. The highest BCUT2D eigenvalue weighted by Gasteiger charge is 2.17. The van der Waals surface area contributed by atoms with Crippen LogP contribution >= 0.6 is 0 Å². The van der Waals surface area contributed by atoms with E-state index in [1.54, 1.807) is 19.2 Å². The summed E-state index contributed by atoms with van der Waals surface area (Å²) in [5.41, 5.74) is 4.57. The van der Waals surface area contributed by atoms with Gasteiger partial charge in [0.2, 0.25) is 0 Å². The molecule has 2 heterocycles. The average molecular weight is 394 g/mol. The molecule has 0 amide bonds. The Hall–Kier alpha value is -2.63. The molecule has 0 saturated heterocycles. The topological polar surface area (TPSA) is 48.5 Å². The summed E-state index contributed by atoms with van der Waals surface area (Å²) >= 11 is 0. The van der Waals surface area contributed by atoms with Crippen LogP contribution in [0.5, 0.6) is 5.75 Å². The number of ether oxygens (including phenoxy) is 1. The molecule has 1 atom stereocenters.